The number of allylic oxidation sites excluding steroid dienone is 2. The summed E-state index contributed by atoms with van der Waals surface area (Å²) in [6, 6.07) is 2.99. The van der Waals surface area contributed by atoms with Crippen LogP contribution < -0.4 is 0 Å². The van der Waals surface area contributed by atoms with Crippen LogP contribution in [0.2, 0.25) is 0 Å². The van der Waals surface area contributed by atoms with Crippen LogP contribution in [0.3, 0.4) is 0 Å². The Bertz CT molecular complexity index is 551. The number of benzene rings is 1. The van der Waals surface area contributed by atoms with E-state index in [0.29, 0.717) is 11.1 Å². The second-order valence-electron chi connectivity index (χ2n) is 4.37. The summed E-state index contributed by atoms with van der Waals surface area (Å²) in [4.78, 5) is 21.8. The van der Waals surface area contributed by atoms with E-state index < -0.39 is 10.2 Å². The average molecular weight is 266 g/mol. The standard InChI is InChI=1S/C13H12ClNO3/c1-8-6-11(9-4-2-3-5-9)12(15(17)18)7-10(8)13(14)16/h2,4,6-7,9H,3,5H2,1H3. The van der Waals surface area contributed by atoms with Gasteiger partial charge in [-0.1, -0.05) is 12.2 Å². The fourth-order valence-electron chi connectivity index (χ4n) is 2.28. The van der Waals surface area contributed by atoms with Crippen LogP contribution in [0.5, 0.6) is 0 Å². The fraction of sp³-hybridized carbons (Fsp3) is 0.308. The number of nitrogens with zero attached hydrogens (tertiary/aromatic N) is 1. The number of hydrogen-bond acceptors (Lipinski definition) is 3. The molecule has 0 saturated carbocycles. The molecule has 4 nitrogen and oxygen atoms in total. The molecule has 1 unspecified atom stereocenters. The molecule has 0 N–H and O–H groups in total. The fourth-order valence-corrected chi connectivity index (χ4v) is 2.48. The molecule has 0 heterocycles. The third-order valence-corrected chi connectivity index (χ3v) is 3.40. The van der Waals surface area contributed by atoms with E-state index in [9.17, 15) is 14.9 Å². The van der Waals surface area contributed by atoms with Crippen molar-refractivity contribution in [2.24, 2.45) is 0 Å². The van der Waals surface area contributed by atoms with Gasteiger partial charge >= 0.3 is 0 Å². The molecule has 0 radical (unpaired) electrons. The van der Waals surface area contributed by atoms with Gasteiger partial charge in [0.15, 0.2) is 0 Å². The van der Waals surface area contributed by atoms with Crippen LogP contribution in [0.25, 0.3) is 0 Å². The zero-order chi connectivity index (χ0) is 13.3. The maximum atomic E-state index is 11.2. The normalized spacial score (nSPS) is 18.0. The predicted molar refractivity (Wildman–Crippen MR) is 69.1 cm³/mol. The van der Waals surface area contributed by atoms with Crippen LogP contribution in [0.4, 0.5) is 5.69 Å². The van der Waals surface area contributed by atoms with Gasteiger partial charge in [-0.15, -0.1) is 0 Å². The van der Waals surface area contributed by atoms with Gasteiger partial charge in [0.25, 0.3) is 10.9 Å². The SMILES string of the molecule is Cc1cc(C2C=CCC2)c([N+](=O)[O-])cc1C(=O)Cl. The van der Waals surface area contributed by atoms with E-state index in [-0.39, 0.29) is 17.2 Å². The summed E-state index contributed by atoms with van der Waals surface area (Å²) in [5, 5.41) is 10.4. The molecular formula is C13H12ClNO3. The molecule has 0 saturated heterocycles. The van der Waals surface area contributed by atoms with Crippen LogP contribution in [-0.4, -0.2) is 10.2 Å². The maximum absolute atomic E-state index is 11.2. The van der Waals surface area contributed by atoms with Gasteiger partial charge < -0.3 is 0 Å². The van der Waals surface area contributed by atoms with Gasteiger partial charge in [-0.25, -0.2) is 0 Å². The van der Waals surface area contributed by atoms with Crippen molar-refractivity contribution in [2.45, 2.75) is 25.7 Å². The first-order valence-corrected chi connectivity index (χ1v) is 6.04. The van der Waals surface area contributed by atoms with Gasteiger partial charge in [0.05, 0.1) is 4.92 Å². The van der Waals surface area contributed by atoms with Crippen molar-refractivity contribution >= 4 is 22.5 Å². The first kappa shape index (κ1) is 12.8. The first-order valence-electron chi connectivity index (χ1n) is 5.66. The van der Waals surface area contributed by atoms with Gasteiger partial charge in [0.2, 0.25) is 0 Å². The molecule has 0 amide bonds. The lowest BCUT2D eigenvalue weighted by molar-refractivity contribution is -0.385. The summed E-state index contributed by atoms with van der Waals surface area (Å²) < 4.78 is 0. The lowest BCUT2D eigenvalue weighted by Gasteiger charge is -2.11. The zero-order valence-corrected chi connectivity index (χ0v) is 10.6. The lowest BCUT2D eigenvalue weighted by atomic mass is 9.93. The minimum Gasteiger partial charge on any atom is -0.276 e. The molecule has 0 aromatic heterocycles. The molecule has 1 aliphatic carbocycles. The Hall–Kier alpha value is -1.68. The Balaban J connectivity index is 2.58. The topological polar surface area (TPSA) is 60.2 Å². The number of nitro groups is 1. The highest BCUT2D eigenvalue weighted by Gasteiger charge is 2.25. The van der Waals surface area contributed by atoms with E-state index >= 15 is 0 Å². The lowest BCUT2D eigenvalue weighted by Crippen LogP contribution is -2.04. The van der Waals surface area contributed by atoms with Gasteiger partial charge in [0.1, 0.15) is 0 Å². The van der Waals surface area contributed by atoms with Crippen molar-refractivity contribution in [1.29, 1.82) is 0 Å². The summed E-state index contributed by atoms with van der Waals surface area (Å²) in [5.74, 6) is 0.0589. The molecule has 0 aliphatic heterocycles. The third kappa shape index (κ3) is 2.29. The quantitative estimate of drug-likeness (QED) is 0.362. The van der Waals surface area contributed by atoms with E-state index in [1.165, 1.54) is 6.07 Å². The molecule has 94 valence electrons. The molecule has 0 fully saturated rings. The molecule has 1 aromatic rings. The third-order valence-electron chi connectivity index (χ3n) is 3.19. The van der Waals surface area contributed by atoms with Crippen molar-refractivity contribution in [1.82, 2.24) is 0 Å². The molecule has 0 spiro atoms. The van der Waals surface area contributed by atoms with Crippen LogP contribution in [-0.2, 0) is 0 Å². The van der Waals surface area contributed by atoms with Crippen molar-refractivity contribution in [3.05, 3.63) is 51.1 Å². The summed E-state index contributed by atoms with van der Waals surface area (Å²) >= 11 is 5.42. The monoisotopic (exact) mass is 265 g/mol. The Morgan fingerprint density at radius 1 is 1.50 bits per heavy atom. The Kier molecular flexibility index (Phi) is 3.48. The highest BCUT2D eigenvalue weighted by atomic mass is 35.5. The molecule has 0 bridgehead atoms. The second kappa shape index (κ2) is 4.90. The summed E-state index contributed by atoms with van der Waals surface area (Å²) in [7, 11) is 0. The van der Waals surface area contributed by atoms with Gasteiger partial charge in [-0.05, 0) is 43.0 Å². The summed E-state index contributed by atoms with van der Waals surface area (Å²) in [5.41, 5.74) is 1.51. The Morgan fingerprint density at radius 3 is 2.72 bits per heavy atom. The molecule has 18 heavy (non-hydrogen) atoms. The van der Waals surface area contributed by atoms with E-state index in [4.69, 9.17) is 11.6 Å². The maximum Gasteiger partial charge on any atom is 0.273 e. The van der Waals surface area contributed by atoms with Crippen LogP contribution in [0, 0.1) is 17.0 Å². The van der Waals surface area contributed by atoms with Crippen LogP contribution in [0.1, 0.15) is 40.2 Å². The van der Waals surface area contributed by atoms with E-state index in [2.05, 4.69) is 0 Å². The number of halogens is 1. The average Bonchev–Trinajstić information content (AvgIpc) is 2.80. The molecule has 2 rings (SSSR count). The van der Waals surface area contributed by atoms with Crippen molar-refractivity contribution in [3.8, 4) is 0 Å². The number of nitro benzene ring substituents is 1. The highest BCUT2D eigenvalue weighted by Crippen LogP contribution is 2.36. The van der Waals surface area contributed by atoms with Crippen LogP contribution in [0.15, 0.2) is 24.3 Å². The van der Waals surface area contributed by atoms with E-state index in [1.54, 1.807) is 13.0 Å². The Morgan fingerprint density at radius 2 is 2.22 bits per heavy atom. The van der Waals surface area contributed by atoms with Crippen molar-refractivity contribution in [3.63, 3.8) is 0 Å². The van der Waals surface area contributed by atoms with Crippen molar-refractivity contribution in [2.75, 3.05) is 0 Å². The number of rotatable bonds is 3. The van der Waals surface area contributed by atoms with Crippen LogP contribution >= 0.6 is 11.6 Å². The Labute approximate surface area is 109 Å². The number of carbonyl (C=O) groups excluding carboxylic acids is 1. The second-order valence-corrected chi connectivity index (χ2v) is 4.71. The molecule has 1 aliphatic rings. The first-order chi connectivity index (χ1) is 8.50. The van der Waals surface area contributed by atoms with E-state index in [0.717, 1.165) is 12.8 Å². The van der Waals surface area contributed by atoms with Crippen molar-refractivity contribution < 1.29 is 9.72 Å². The highest BCUT2D eigenvalue weighted by molar-refractivity contribution is 6.68. The minimum atomic E-state index is -0.663. The largest absolute Gasteiger partial charge is 0.276 e. The zero-order valence-electron chi connectivity index (χ0n) is 9.85. The molecule has 1 atom stereocenters. The number of hydrogen-bond donors (Lipinski definition) is 0. The predicted octanol–water partition coefficient (Wildman–Crippen LogP) is 3.72. The van der Waals surface area contributed by atoms with E-state index in [1.807, 2.05) is 12.2 Å². The smallest absolute Gasteiger partial charge is 0.273 e. The summed E-state index contributed by atoms with van der Waals surface area (Å²) in [6.07, 6.45) is 5.79. The molecule has 1 aromatic carbocycles. The molecular weight excluding hydrogens is 254 g/mol. The minimum absolute atomic E-state index is 0.0267. The number of aryl methyl sites for hydroxylation is 1. The van der Waals surface area contributed by atoms with Gasteiger partial charge in [-0.2, -0.15) is 0 Å². The molecule has 5 heteroatoms. The summed E-state index contributed by atoms with van der Waals surface area (Å²) in [6.45, 7) is 1.74. The number of carbonyl (C=O) groups is 1. The van der Waals surface area contributed by atoms with Gasteiger partial charge in [0, 0.05) is 23.1 Å². The van der Waals surface area contributed by atoms with Gasteiger partial charge in [-0.3, -0.25) is 14.9 Å².